The van der Waals surface area contributed by atoms with Gasteiger partial charge in [-0.25, -0.2) is 13.2 Å². The van der Waals surface area contributed by atoms with Gasteiger partial charge >= 0.3 is 6.03 Å². The lowest BCUT2D eigenvalue weighted by atomic mass is 9.96. The second-order valence-electron chi connectivity index (χ2n) is 6.65. The van der Waals surface area contributed by atoms with Crippen molar-refractivity contribution in [2.75, 3.05) is 18.1 Å². The zero-order chi connectivity index (χ0) is 18.4. The molecule has 3 rings (SSSR count). The van der Waals surface area contributed by atoms with Crippen LogP contribution in [0.15, 0.2) is 29.2 Å². The zero-order valence-electron chi connectivity index (χ0n) is 13.9. The third-order valence-corrected chi connectivity index (χ3v) is 5.65. The van der Waals surface area contributed by atoms with Crippen molar-refractivity contribution < 1.29 is 22.8 Å². The van der Waals surface area contributed by atoms with Crippen molar-refractivity contribution in [2.24, 2.45) is 5.92 Å². The minimum atomic E-state index is -3.40. The van der Waals surface area contributed by atoms with Crippen molar-refractivity contribution >= 4 is 33.4 Å². The molecular formula is C16H19N3O5S. The van der Waals surface area contributed by atoms with Crippen molar-refractivity contribution in [1.82, 2.24) is 10.2 Å². The smallest absolute Gasteiger partial charge is 0.324 e. The monoisotopic (exact) mass is 365 g/mol. The Kier molecular flexibility index (Phi) is 4.06. The van der Waals surface area contributed by atoms with E-state index in [9.17, 15) is 22.8 Å². The normalized spacial score (nSPS) is 23.5. The summed E-state index contributed by atoms with van der Waals surface area (Å²) in [7, 11) is -3.40. The highest BCUT2D eigenvalue weighted by atomic mass is 32.2. The van der Waals surface area contributed by atoms with Gasteiger partial charge in [0.1, 0.15) is 12.1 Å². The number of imide groups is 1. The Labute approximate surface area is 145 Å². The Hall–Kier alpha value is -2.42. The maximum absolute atomic E-state index is 12.5. The van der Waals surface area contributed by atoms with Gasteiger partial charge in [0.15, 0.2) is 9.84 Å². The van der Waals surface area contributed by atoms with E-state index in [1.165, 1.54) is 24.3 Å². The first-order chi connectivity index (χ1) is 11.6. The van der Waals surface area contributed by atoms with E-state index in [0.29, 0.717) is 0 Å². The van der Waals surface area contributed by atoms with Crippen LogP contribution in [0.3, 0.4) is 0 Å². The molecule has 1 saturated heterocycles. The molecule has 0 aromatic heterocycles. The number of hydrogen-bond donors (Lipinski definition) is 2. The highest BCUT2D eigenvalue weighted by Gasteiger charge is 2.56. The van der Waals surface area contributed by atoms with Crippen LogP contribution in [0.2, 0.25) is 0 Å². The molecule has 2 aliphatic rings. The fourth-order valence-corrected chi connectivity index (χ4v) is 3.61. The minimum absolute atomic E-state index is 0.0709. The van der Waals surface area contributed by atoms with E-state index in [0.717, 1.165) is 24.0 Å². The summed E-state index contributed by atoms with van der Waals surface area (Å²) in [6, 6.07) is 5.20. The third kappa shape index (κ3) is 3.37. The average Bonchev–Trinajstić information content (AvgIpc) is 3.33. The van der Waals surface area contributed by atoms with Gasteiger partial charge in [-0.2, -0.15) is 0 Å². The molecule has 1 saturated carbocycles. The standard InChI is InChI=1S/C16H19N3O5S/c1-16(10-6-7-10)14(21)19(15(22)18-16)9-13(20)17-11-4-3-5-12(8-11)25(2,23)24/h3-5,8,10H,6-7,9H2,1-2H3,(H,17,20)(H,18,22). The van der Waals surface area contributed by atoms with Crippen LogP contribution in [-0.2, 0) is 19.4 Å². The lowest BCUT2D eigenvalue weighted by Gasteiger charge is -2.20. The molecule has 0 bridgehead atoms. The molecule has 1 aromatic carbocycles. The van der Waals surface area contributed by atoms with Gasteiger partial charge in [-0.3, -0.25) is 14.5 Å². The van der Waals surface area contributed by atoms with E-state index >= 15 is 0 Å². The van der Waals surface area contributed by atoms with E-state index in [4.69, 9.17) is 0 Å². The number of benzene rings is 1. The molecule has 25 heavy (non-hydrogen) atoms. The molecule has 0 spiro atoms. The number of hydrogen-bond acceptors (Lipinski definition) is 5. The number of anilines is 1. The van der Waals surface area contributed by atoms with Crippen LogP contribution in [0, 0.1) is 5.92 Å². The molecule has 2 fully saturated rings. The van der Waals surface area contributed by atoms with Crippen LogP contribution in [0.5, 0.6) is 0 Å². The highest BCUT2D eigenvalue weighted by molar-refractivity contribution is 7.90. The fourth-order valence-electron chi connectivity index (χ4n) is 2.95. The van der Waals surface area contributed by atoms with Gasteiger partial charge in [-0.15, -0.1) is 0 Å². The summed E-state index contributed by atoms with van der Waals surface area (Å²) in [5, 5.41) is 5.19. The van der Waals surface area contributed by atoms with Crippen molar-refractivity contribution in [3.63, 3.8) is 0 Å². The van der Waals surface area contributed by atoms with Crippen LogP contribution in [0.4, 0.5) is 10.5 Å². The topological polar surface area (TPSA) is 113 Å². The van der Waals surface area contributed by atoms with Crippen molar-refractivity contribution in [3.8, 4) is 0 Å². The first kappa shape index (κ1) is 17.4. The Morgan fingerprint density at radius 3 is 2.64 bits per heavy atom. The number of amides is 4. The third-order valence-electron chi connectivity index (χ3n) is 4.54. The molecule has 1 aromatic rings. The maximum Gasteiger partial charge on any atom is 0.325 e. The van der Waals surface area contributed by atoms with E-state index in [-0.39, 0.29) is 16.5 Å². The molecule has 1 aliphatic carbocycles. The fraction of sp³-hybridized carbons (Fsp3) is 0.438. The average molecular weight is 365 g/mol. The number of rotatable bonds is 5. The minimum Gasteiger partial charge on any atom is -0.324 e. The molecule has 1 heterocycles. The number of sulfone groups is 1. The number of nitrogens with zero attached hydrogens (tertiary/aromatic N) is 1. The van der Waals surface area contributed by atoms with Crippen molar-refractivity contribution in [3.05, 3.63) is 24.3 Å². The number of nitrogens with one attached hydrogen (secondary N) is 2. The largest absolute Gasteiger partial charge is 0.325 e. The predicted octanol–water partition coefficient (Wildman–Crippen LogP) is 0.749. The quantitative estimate of drug-likeness (QED) is 0.748. The second kappa shape index (κ2) is 5.83. The Bertz CT molecular complexity index is 862. The summed E-state index contributed by atoms with van der Waals surface area (Å²) in [6.45, 7) is 1.26. The van der Waals surface area contributed by atoms with Crippen molar-refractivity contribution in [2.45, 2.75) is 30.2 Å². The second-order valence-corrected chi connectivity index (χ2v) is 8.66. The van der Waals surface area contributed by atoms with E-state index in [1.807, 2.05) is 0 Å². The summed E-state index contributed by atoms with van der Waals surface area (Å²) in [5.74, 6) is -0.863. The number of urea groups is 1. The molecule has 0 radical (unpaired) electrons. The van der Waals surface area contributed by atoms with Crippen LogP contribution >= 0.6 is 0 Å². The van der Waals surface area contributed by atoms with E-state index in [2.05, 4.69) is 10.6 Å². The maximum atomic E-state index is 12.5. The van der Waals surface area contributed by atoms with Gasteiger partial charge in [-0.05, 0) is 43.9 Å². The van der Waals surface area contributed by atoms with Crippen LogP contribution < -0.4 is 10.6 Å². The van der Waals surface area contributed by atoms with Crippen molar-refractivity contribution in [1.29, 1.82) is 0 Å². The summed E-state index contributed by atoms with van der Waals surface area (Å²) >= 11 is 0. The van der Waals surface area contributed by atoms with Gasteiger partial charge in [-0.1, -0.05) is 6.07 Å². The summed E-state index contributed by atoms with van der Waals surface area (Å²) < 4.78 is 23.1. The first-order valence-electron chi connectivity index (χ1n) is 7.85. The van der Waals surface area contributed by atoms with Gasteiger partial charge in [0.25, 0.3) is 5.91 Å². The molecule has 2 N–H and O–H groups in total. The summed E-state index contributed by atoms with van der Waals surface area (Å²) in [4.78, 5) is 37.7. The lowest BCUT2D eigenvalue weighted by Crippen LogP contribution is -2.46. The highest BCUT2D eigenvalue weighted by Crippen LogP contribution is 2.42. The first-order valence-corrected chi connectivity index (χ1v) is 9.74. The Balaban J connectivity index is 1.69. The van der Waals surface area contributed by atoms with Gasteiger partial charge in [0, 0.05) is 11.9 Å². The molecule has 9 heteroatoms. The SMILES string of the molecule is CC1(C2CC2)NC(=O)N(CC(=O)Nc2cccc(S(C)(=O)=O)c2)C1=O. The van der Waals surface area contributed by atoms with Gasteiger partial charge in [0.2, 0.25) is 5.91 Å². The van der Waals surface area contributed by atoms with Crippen LogP contribution in [0.1, 0.15) is 19.8 Å². The molecule has 134 valence electrons. The van der Waals surface area contributed by atoms with E-state index in [1.54, 1.807) is 6.92 Å². The van der Waals surface area contributed by atoms with E-state index < -0.39 is 39.8 Å². The predicted molar refractivity (Wildman–Crippen MR) is 89.6 cm³/mol. The molecule has 1 atom stereocenters. The molecular weight excluding hydrogens is 346 g/mol. The zero-order valence-corrected chi connectivity index (χ0v) is 14.7. The summed E-state index contributed by atoms with van der Waals surface area (Å²) in [5.41, 5.74) is -0.655. The van der Waals surface area contributed by atoms with Gasteiger partial charge < -0.3 is 10.6 Å². The molecule has 8 nitrogen and oxygen atoms in total. The Morgan fingerprint density at radius 1 is 1.36 bits per heavy atom. The molecule has 1 unspecified atom stereocenters. The summed E-state index contributed by atoms with van der Waals surface area (Å²) in [6.07, 6.45) is 2.82. The number of carbonyl (C=O) groups is 3. The number of carbonyl (C=O) groups excluding carboxylic acids is 3. The van der Waals surface area contributed by atoms with Crippen LogP contribution in [0.25, 0.3) is 0 Å². The Morgan fingerprint density at radius 2 is 2.04 bits per heavy atom. The lowest BCUT2D eigenvalue weighted by molar-refractivity contribution is -0.134. The molecule has 4 amide bonds. The van der Waals surface area contributed by atoms with Crippen LogP contribution in [-0.4, -0.2) is 49.5 Å². The molecule has 1 aliphatic heterocycles. The van der Waals surface area contributed by atoms with Gasteiger partial charge in [0.05, 0.1) is 4.90 Å².